The Morgan fingerprint density at radius 1 is 1.23 bits per heavy atom. The molecule has 0 amide bonds. The van der Waals surface area contributed by atoms with E-state index < -0.39 is 17.3 Å². The van der Waals surface area contributed by atoms with Crippen molar-refractivity contribution in [3.63, 3.8) is 0 Å². The number of anilines is 1. The number of pyridine rings is 1. The van der Waals surface area contributed by atoms with Crippen molar-refractivity contribution in [2.24, 2.45) is 0 Å². The number of hydrogen-bond acceptors (Lipinski definition) is 4. The molecule has 2 fully saturated rings. The van der Waals surface area contributed by atoms with Gasteiger partial charge >= 0.3 is 5.97 Å². The molecule has 6 nitrogen and oxygen atoms in total. The number of ether oxygens (including phenoxy) is 1. The van der Waals surface area contributed by atoms with Crippen molar-refractivity contribution < 1.29 is 23.4 Å². The summed E-state index contributed by atoms with van der Waals surface area (Å²) in [5.74, 6) is -3.88. The Balaban J connectivity index is 1.46. The highest BCUT2D eigenvalue weighted by molar-refractivity contribution is 6.00. The van der Waals surface area contributed by atoms with Crippen molar-refractivity contribution in [3.8, 4) is 0 Å². The Labute approximate surface area is 170 Å². The first-order valence-electron chi connectivity index (χ1n) is 9.93. The SMILES string of the molecule is O=C(O)c1cn2c(cc1=O)C1=C(c3ccc(N4CC(F)(F)C4)cc3C1)[C@H]1OCC[C@H]12. The normalized spacial score (nSPS) is 25.3. The van der Waals surface area contributed by atoms with Crippen molar-refractivity contribution in [1.82, 2.24) is 4.57 Å². The zero-order valence-electron chi connectivity index (χ0n) is 15.9. The molecule has 0 saturated carbocycles. The topological polar surface area (TPSA) is 71.8 Å². The third-order valence-electron chi connectivity index (χ3n) is 6.60. The first-order chi connectivity index (χ1) is 14.3. The molecule has 1 N–H and O–H groups in total. The number of aromatic nitrogens is 1. The van der Waals surface area contributed by atoms with Crippen LogP contribution in [0, 0.1) is 0 Å². The molecular weight excluding hydrogens is 394 g/mol. The Morgan fingerprint density at radius 2 is 2.03 bits per heavy atom. The monoisotopic (exact) mass is 412 g/mol. The van der Waals surface area contributed by atoms with E-state index in [9.17, 15) is 23.5 Å². The minimum atomic E-state index is -2.64. The van der Waals surface area contributed by atoms with Gasteiger partial charge in [-0.25, -0.2) is 13.6 Å². The van der Waals surface area contributed by atoms with Gasteiger partial charge in [0.15, 0.2) is 5.43 Å². The lowest BCUT2D eigenvalue weighted by molar-refractivity contribution is -0.0262. The number of rotatable bonds is 2. The summed E-state index contributed by atoms with van der Waals surface area (Å²) in [6.45, 7) is 0.00221. The van der Waals surface area contributed by atoms with Gasteiger partial charge in [0, 0.05) is 36.7 Å². The predicted octanol–water partition coefficient (Wildman–Crippen LogP) is 2.81. The molecule has 3 aliphatic heterocycles. The second kappa shape index (κ2) is 5.78. The molecule has 2 aromatic rings. The average molecular weight is 412 g/mol. The van der Waals surface area contributed by atoms with Crippen LogP contribution in [0.25, 0.3) is 11.1 Å². The largest absolute Gasteiger partial charge is 0.477 e. The number of carbonyl (C=O) groups is 1. The standard InChI is InChI=1S/C22H18F2N2O4/c23-22(24)9-25(10-22)12-1-2-13-11(5-12)6-14-17-7-18(27)15(21(28)29)8-26(17)16-3-4-30-20(16)19(13)14/h1-2,5,7-8,16,20H,3-4,6,9-10H2,(H,28,29)/t16-,20+/m1/s1. The summed E-state index contributed by atoms with van der Waals surface area (Å²) in [5, 5.41) is 9.37. The molecule has 1 aliphatic carbocycles. The molecule has 4 heterocycles. The van der Waals surface area contributed by atoms with Crippen molar-refractivity contribution in [3.05, 3.63) is 63.1 Å². The molecule has 0 bridgehead atoms. The number of carboxylic acids is 1. The lowest BCUT2D eigenvalue weighted by Gasteiger charge is -2.40. The number of hydrogen-bond donors (Lipinski definition) is 1. The number of alkyl halides is 2. The maximum absolute atomic E-state index is 13.3. The van der Waals surface area contributed by atoms with Gasteiger partial charge in [0.05, 0.1) is 19.1 Å². The van der Waals surface area contributed by atoms with Gasteiger partial charge in [0.1, 0.15) is 11.7 Å². The van der Waals surface area contributed by atoms with Gasteiger partial charge in [0.25, 0.3) is 5.92 Å². The van der Waals surface area contributed by atoms with Crippen LogP contribution in [0.3, 0.4) is 0 Å². The molecule has 1 aromatic carbocycles. The second-order valence-corrected chi connectivity index (χ2v) is 8.42. The smallest absolute Gasteiger partial charge is 0.341 e. The Bertz CT molecular complexity index is 1210. The van der Waals surface area contributed by atoms with E-state index in [1.807, 2.05) is 22.8 Å². The molecule has 0 unspecified atom stereocenters. The van der Waals surface area contributed by atoms with Crippen LogP contribution in [-0.4, -0.2) is 47.4 Å². The molecule has 1 aromatic heterocycles. The van der Waals surface area contributed by atoms with Crippen LogP contribution in [0.4, 0.5) is 14.5 Å². The fourth-order valence-corrected chi connectivity index (χ4v) is 5.25. The summed E-state index contributed by atoms with van der Waals surface area (Å²) in [5.41, 5.74) is 4.76. The molecule has 30 heavy (non-hydrogen) atoms. The van der Waals surface area contributed by atoms with Crippen molar-refractivity contribution in [2.75, 3.05) is 24.6 Å². The van der Waals surface area contributed by atoms with Gasteiger partial charge in [-0.3, -0.25) is 4.79 Å². The lowest BCUT2D eigenvalue weighted by Crippen LogP contribution is -2.56. The van der Waals surface area contributed by atoms with E-state index in [1.54, 1.807) is 4.90 Å². The van der Waals surface area contributed by atoms with Crippen LogP contribution >= 0.6 is 0 Å². The number of nitrogens with zero attached hydrogens (tertiary/aromatic N) is 2. The molecule has 2 saturated heterocycles. The van der Waals surface area contributed by atoms with E-state index in [4.69, 9.17) is 4.74 Å². The Hall–Kier alpha value is -3.00. The van der Waals surface area contributed by atoms with Gasteiger partial charge in [-0.2, -0.15) is 0 Å². The molecule has 8 heteroatoms. The van der Waals surface area contributed by atoms with Crippen LogP contribution in [0.1, 0.15) is 39.6 Å². The average Bonchev–Trinajstić information content (AvgIpc) is 3.29. The van der Waals surface area contributed by atoms with E-state index >= 15 is 0 Å². The lowest BCUT2D eigenvalue weighted by atomic mass is 9.89. The number of fused-ring (bicyclic) bond motifs is 7. The van der Waals surface area contributed by atoms with Crippen molar-refractivity contribution >= 4 is 22.8 Å². The van der Waals surface area contributed by atoms with Gasteiger partial charge in [-0.1, -0.05) is 6.07 Å². The highest BCUT2D eigenvalue weighted by Gasteiger charge is 2.45. The number of halogens is 2. The molecule has 4 aliphatic rings. The summed E-state index contributed by atoms with van der Waals surface area (Å²) in [7, 11) is 0. The highest BCUT2D eigenvalue weighted by atomic mass is 19.3. The van der Waals surface area contributed by atoms with E-state index in [-0.39, 0.29) is 30.8 Å². The molecule has 2 atom stereocenters. The number of aromatic carboxylic acids is 1. The van der Waals surface area contributed by atoms with Crippen LogP contribution in [-0.2, 0) is 11.2 Å². The first kappa shape index (κ1) is 17.8. The predicted molar refractivity (Wildman–Crippen MR) is 105 cm³/mol. The molecule has 0 spiro atoms. The minimum Gasteiger partial charge on any atom is -0.477 e. The number of carboxylic acid groups (broad SMARTS) is 1. The van der Waals surface area contributed by atoms with E-state index in [0.29, 0.717) is 13.0 Å². The summed E-state index contributed by atoms with van der Waals surface area (Å²) in [6.07, 6.45) is 2.51. The van der Waals surface area contributed by atoms with Crippen molar-refractivity contribution in [1.29, 1.82) is 0 Å². The molecular formula is C22H18F2N2O4. The summed E-state index contributed by atoms with van der Waals surface area (Å²) >= 11 is 0. The fourth-order valence-electron chi connectivity index (χ4n) is 5.25. The van der Waals surface area contributed by atoms with Gasteiger partial charge in [0.2, 0.25) is 0 Å². The van der Waals surface area contributed by atoms with E-state index in [1.165, 1.54) is 12.3 Å². The third kappa shape index (κ3) is 2.37. The van der Waals surface area contributed by atoms with Crippen LogP contribution in [0.15, 0.2) is 35.3 Å². The van der Waals surface area contributed by atoms with Crippen LogP contribution < -0.4 is 10.3 Å². The number of benzene rings is 1. The van der Waals surface area contributed by atoms with E-state index in [2.05, 4.69) is 0 Å². The second-order valence-electron chi connectivity index (χ2n) is 8.42. The number of allylic oxidation sites excluding steroid dienone is 1. The maximum Gasteiger partial charge on any atom is 0.341 e. The minimum absolute atomic E-state index is 0.0721. The van der Waals surface area contributed by atoms with Gasteiger partial charge in [-0.15, -0.1) is 0 Å². The van der Waals surface area contributed by atoms with E-state index in [0.717, 1.165) is 40.1 Å². The first-order valence-corrected chi connectivity index (χ1v) is 9.93. The molecule has 6 rings (SSSR count). The Kier molecular flexibility index (Phi) is 3.44. The summed E-state index contributed by atoms with van der Waals surface area (Å²) < 4.78 is 34.5. The van der Waals surface area contributed by atoms with Crippen LogP contribution in [0.2, 0.25) is 0 Å². The van der Waals surface area contributed by atoms with Gasteiger partial charge < -0.3 is 19.3 Å². The molecule has 0 radical (unpaired) electrons. The third-order valence-corrected chi connectivity index (χ3v) is 6.60. The van der Waals surface area contributed by atoms with Crippen molar-refractivity contribution in [2.45, 2.75) is 30.9 Å². The molecule has 154 valence electrons. The Morgan fingerprint density at radius 3 is 2.77 bits per heavy atom. The quantitative estimate of drug-likeness (QED) is 0.822. The summed E-state index contributed by atoms with van der Waals surface area (Å²) in [4.78, 5) is 25.5. The zero-order chi connectivity index (χ0) is 20.8. The zero-order valence-corrected chi connectivity index (χ0v) is 15.9. The van der Waals surface area contributed by atoms with Gasteiger partial charge in [-0.05, 0) is 40.8 Å². The van der Waals surface area contributed by atoms with Crippen LogP contribution in [0.5, 0.6) is 0 Å². The maximum atomic E-state index is 13.3. The highest BCUT2D eigenvalue weighted by Crippen LogP contribution is 2.51. The fraction of sp³-hybridized carbons (Fsp3) is 0.364. The summed E-state index contributed by atoms with van der Waals surface area (Å²) in [6, 6.07) is 7.11.